The monoisotopic (exact) mass is 273 g/mol. The van der Waals surface area contributed by atoms with Crippen molar-refractivity contribution < 1.29 is 27.6 Å². The summed E-state index contributed by atoms with van der Waals surface area (Å²) < 4.78 is 35.7. The van der Waals surface area contributed by atoms with E-state index in [2.05, 4.69) is 5.32 Å². The third-order valence-corrected chi connectivity index (χ3v) is 3.41. The van der Waals surface area contributed by atoms with Gasteiger partial charge in [0.25, 0.3) is 5.56 Å². The van der Waals surface area contributed by atoms with Crippen molar-refractivity contribution in [2.24, 2.45) is 0 Å². The fourth-order valence-corrected chi connectivity index (χ4v) is 2.08. The molecule has 0 aliphatic carbocycles. The normalized spacial score (nSPS) is 19.6. The maximum absolute atomic E-state index is 10.9. The zero-order valence-electron chi connectivity index (χ0n) is 9.32. The molecule has 0 amide bonds. The van der Waals surface area contributed by atoms with E-state index in [0.717, 1.165) is 0 Å². The van der Waals surface area contributed by atoms with E-state index in [1.165, 1.54) is 19.1 Å². The Morgan fingerprint density at radius 3 is 2.72 bits per heavy atom. The second-order valence-corrected chi connectivity index (χ2v) is 5.38. The minimum atomic E-state index is -4.37. The van der Waals surface area contributed by atoms with Crippen molar-refractivity contribution in [3.05, 3.63) is 23.8 Å². The van der Waals surface area contributed by atoms with Gasteiger partial charge in [0.1, 0.15) is 5.75 Å². The van der Waals surface area contributed by atoms with Crippen LogP contribution in [0.5, 0.6) is 5.75 Å². The lowest BCUT2D eigenvalue weighted by molar-refractivity contribution is -0.138. The molecule has 1 heterocycles. The first-order valence-corrected chi connectivity index (χ1v) is 6.55. The fraction of sp³-hybridized carbons (Fsp3) is 0.300. The molecule has 0 radical (unpaired) electrons. The minimum Gasteiger partial charge on any atom is -0.481 e. The van der Waals surface area contributed by atoms with E-state index in [1.54, 1.807) is 6.07 Å². The highest BCUT2D eigenvalue weighted by atomic mass is 32.2. The van der Waals surface area contributed by atoms with E-state index in [-0.39, 0.29) is 5.75 Å². The van der Waals surface area contributed by atoms with Crippen LogP contribution in [0.4, 0.5) is 5.69 Å². The molecule has 1 aliphatic heterocycles. The number of aliphatic carboxylic acids is 1. The summed E-state index contributed by atoms with van der Waals surface area (Å²) in [6, 6.07) is 4.50. The van der Waals surface area contributed by atoms with Crippen LogP contribution in [0.1, 0.15) is 18.4 Å². The summed E-state index contributed by atoms with van der Waals surface area (Å²) in [5.41, 5.74) is -0.680. The minimum absolute atomic E-state index is 0.197. The molecular weight excluding hydrogens is 262 g/mol. The molecule has 1 aromatic carbocycles. The second kappa shape index (κ2) is 4.14. The second-order valence-electron chi connectivity index (χ2n) is 3.92. The van der Waals surface area contributed by atoms with E-state index in [9.17, 15) is 13.2 Å². The summed E-state index contributed by atoms with van der Waals surface area (Å²) in [5.74, 6) is -1.53. The van der Waals surface area contributed by atoms with Crippen LogP contribution in [0, 0.1) is 0 Å². The molecule has 0 saturated carbocycles. The Morgan fingerprint density at radius 2 is 2.17 bits per heavy atom. The van der Waals surface area contributed by atoms with Crippen molar-refractivity contribution in [3.63, 3.8) is 0 Å². The summed E-state index contributed by atoms with van der Waals surface area (Å²) in [5, 5.41) is 11.3. The molecule has 0 bridgehead atoms. The molecule has 7 nitrogen and oxygen atoms in total. The molecule has 2 unspecified atom stereocenters. The smallest absolute Gasteiger partial charge is 0.323 e. The Labute approximate surface area is 103 Å². The molecule has 2 atom stereocenters. The van der Waals surface area contributed by atoms with Gasteiger partial charge < -0.3 is 15.2 Å². The van der Waals surface area contributed by atoms with E-state index in [4.69, 9.17) is 14.4 Å². The van der Waals surface area contributed by atoms with E-state index >= 15 is 0 Å². The lowest BCUT2D eigenvalue weighted by Gasteiger charge is -2.07. The van der Waals surface area contributed by atoms with Crippen molar-refractivity contribution in [3.8, 4) is 5.75 Å². The van der Waals surface area contributed by atoms with Crippen molar-refractivity contribution in [2.45, 2.75) is 18.4 Å². The number of carbonyl (C=O) groups is 1. The van der Waals surface area contributed by atoms with Crippen LogP contribution in [0.3, 0.4) is 0 Å². The molecule has 3 N–H and O–H groups in total. The third-order valence-electron chi connectivity index (χ3n) is 2.65. The van der Waals surface area contributed by atoms with Crippen molar-refractivity contribution in [1.29, 1.82) is 0 Å². The predicted molar refractivity (Wildman–Crippen MR) is 62.1 cm³/mol. The Hall–Kier alpha value is -1.80. The number of rotatable bonds is 3. The van der Waals surface area contributed by atoms with Gasteiger partial charge in [-0.2, -0.15) is 8.42 Å². The molecule has 8 heteroatoms. The highest BCUT2D eigenvalue weighted by molar-refractivity contribution is 7.86. The lowest BCUT2D eigenvalue weighted by Crippen LogP contribution is -2.30. The van der Waals surface area contributed by atoms with Crippen LogP contribution >= 0.6 is 0 Å². The van der Waals surface area contributed by atoms with Gasteiger partial charge in [-0.05, 0) is 24.6 Å². The van der Waals surface area contributed by atoms with Crippen molar-refractivity contribution in [2.75, 3.05) is 5.32 Å². The number of fused-ring (bicyclic) bond motifs is 1. The highest BCUT2D eigenvalue weighted by Gasteiger charge is 2.32. The van der Waals surface area contributed by atoms with Gasteiger partial charge in [-0.25, -0.2) is 0 Å². The Bertz CT molecular complexity index is 596. The molecule has 18 heavy (non-hydrogen) atoms. The number of carboxylic acids is 1. The number of carboxylic acid groups (broad SMARTS) is 1. The van der Waals surface area contributed by atoms with Crippen molar-refractivity contribution in [1.82, 2.24) is 0 Å². The summed E-state index contributed by atoms with van der Waals surface area (Å²) >= 11 is 0. The van der Waals surface area contributed by atoms with Crippen LogP contribution in [-0.2, 0) is 14.9 Å². The molecule has 1 aliphatic rings. The van der Waals surface area contributed by atoms with Gasteiger partial charge in [0, 0.05) is 0 Å². The Kier molecular flexibility index (Phi) is 2.91. The number of hydrogen-bond donors (Lipinski definition) is 3. The van der Waals surface area contributed by atoms with Crippen molar-refractivity contribution >= 4 is 21.8 Å². The molecule has 98 valence electrons. The summed E-state index contributed by atoms with van der Waals surface area (Å²) in [7, 11) is -4.37. The first-order valence-electron chi connectivity index (χ1n) is 5.05. The molecule has 1 aromatic rings. The Morgan fingerprint density at radius 1 is 1.50 bits per heavy atom. The van der Waals surface area contributed by atoms with Gasteiger partial charge in [0.05, 0.1) is 11.6 Å². The number of nitrogens with one attached hydrogen (secondary N) is 1. The number of hydrogen-bond acceptors (Lipinski definition) is 5. The van der Waals surface area contributed by atoms with E-state index in [1.807, 2.05) is 0 Å². The van der Waals surface area contributed by atoms with E-state index in [0.29, 0.717) is 11.3 Å². The standard InChI is InChI=1S/C10H11NO6S/c1-5(9(12)13)6-2-3-7-8(4-6)17-10(11-7)18(14,15)16/h2-5,10-11H,1H3,(H,12,13)(H,14,15,16). The SMILES string of the molecule is CC(C(=O)O)c1ccc2c(c1)OC(S(=O)(=O)O)N2. The maximum Gasteiger partial charge on any atom is 0.323 e. The van der Waals surface area contributed by atoms with Gasteiger partial charge in [0.15, 0.2) is 0 Å². The molecule has 2 rings (SSSR count). The van der Waals surface area contributed by atoms with Crippen LogP contribution in [-0.4, -0.2) is 29.6 Å². The number of ether oxygens (including phenoxy) is 1. The van der Waals surface area contributed by atoms with E-state index < -0.39 is 27.6 Å². The lowest BCUT2D eigenvalue weighted by atomic mass is 10.0. The average Bonchev–Trinajstić information content (AvgIpc) is 2.69. The fourth-order valence-electron chi connectivity index (χ4n) is 1.57. The first kappa shape index (κ1) is 12.7. The number of anilines is 1. The zero-order chi connectivity index (χ0) is 13.5. The molecule has 0 spiro atoms. The third kappa shape index (κ3) is 2.24. The van der Waals surface area contributed by atoms with Gasteiger partial charge >= 0.3 is 16.1 Å². The first-order chi connectivity index (χ1) is 8.29. The average molecular weight is 273 g/mol. The van der Waals surface area contributed by atoms with Gasteiger partial charge in [0.2, 0.25) is 0 Å². The maximum atomic E-state index is 10.9. The summed E-state index contributed by atoms with van der Waals surface area (Å²) in [4.78, 5) is 10.8. The largest absolute Gasteiger partial charge is 0.481 e. The molecular formula is C10H11NO6S. The zero-order valence-corrected chi connectivity index (χ0v) is 10.1. The summed E-state index contributed by atoms with van der Waals surface area (Å²) in [6.45, 7) is 1.51. The van der Waals surface area contributed by atoms with Gasteiger partial charge in [-0.15, -0.1) is 0 Å². The Balaban J connectivity index is 2.30. The number of benzene rings is 1. The van der Waals surface area contributed by atoms with Crippen LogP contribution < -0.4 is 10.1 Å². The van der Waals surface area contributed by atoms with Crippen LogP contribution in [0.25, 0.3) is 0 Å². The highest BCUT2D eigenvalue weighted by Crippen LogP contribution is 2.35. The molecule has 0 fully saturated rings. The molecule has 0 saturated heterocycles. The van der Waals surface area contributed by atoms with Gasteiger partial charge in [-0.3, -0.25) is 9.35 Å². The van der Waals surface area contributed by atoms with Gasteiger partial charge in [-0.1, -0.05) is 6.07 Å². The van der Waals surface area contributed by atoms with Crippen LogP contribution in [0.15, 0.2) is 18.2 Å². The van der Waals surface area contributed by atoms with Crippen LogP contribution in [0.2, 0.25) is 0 Å². The molecule has 0 aromatic heterocycles. The topological polar surface area (TPSA) is 113 Å². The quantitative estimate of drug-likeness (QED) is 0.699. The predicted octanol–water partition coefficient (Wildman–Crippen LogP) is 0.850. The summed E-state index contributed by atoms with van der Waals surface area (Å²) in [6.07, 6.45) is 0.